The monoisotopic (exact) mass is 372 g/mol. The van der Waals surface area contributed by atoms with E-state index in [1.54, 1.807) is 38.1 Å². The zero-order valence-corrected chi connectivity index (χ0v) is 15.7. The third-order valence-corrected chi connectivity index (χ3v) is 4.51. The van der Waals surface area contributed by atoms with Gasteiger partial charge in [0.05, 0.1) is 24.7 Å². The maximum absolute atomic E-state index is 12.6. The average molecular weight is 372 g/mol. The molecule has 1 aliphatic carbocycles. The normalized spacial score (nSPS) is 27.3. The minimum atomic E-state index is -1.66. The van der Waals surface area contributed by atoms with E-state index in [-0.39, 0.29) is 19.6 Å². The molecule has 1 saturated carbocycles. The van der Waals surface area contributed by atoms with Crippen molar-refractivity contribution in [3.8, 4) is 11.8 Å². The van der Waals surface area contributed by atoms with E-state index >= 15 is 0 Å². The van der Waals surface area contributed by atoms with Crippen LogP contribution in [0.4, 0.5) is 0 Å². The molecule has 27 heavy (non-hydrogen) atoms. The number of carbonyl (C=O) groups excluding carboxylic acids is 3. The summed E-state index contributed by atoms with van der Waals surface area (Å²) in [4.78, 5) is 37.6. The summed E-state index contributed by atoms with van der Waals surface area (Å²) in [7, 11) is 0. The number of Topliss-reactive ketones (excluding diaryl/α,β-unsaturated/α-hetero) is 1. The third kappa shape index (κ3) is 4.75. The maximum atomic E-state index is 12.6. The molecule has 6 heteroatoms. The summed E-state index contributed by atoms with van der Waals surface area (Å²) in [6.45, 7) is 4.89. The van der Waals surface area contributed by atoms with Crippen molar-refractivity contribution >= 4 is 17.7 Å². The van der Waals surface area contributed by atoms with Gasteiger partial charge in [-0.05, 0) is 32.9 Å². The van der Waals surface area contributed by atoms with Gasteiger partial charge in [0.15, 0.2) is 5.78 Å². The van der Waals surface area contributed by atoms with Crippen molar-refractivity contribution in [1.82, 2.24) is 0 Å². The molecule has 1 fully saturated rings. The first-order valence-electron chi connectivity index (χ1n) is 8.96. The van der Waals surface area contributed by atoms with Gasteiger partial charge >= 0.3 is 11.9 Å². The number of rotatable bonds is 4. The topological polar surface area (TPSA) is 89.9 Å². The van der Waals surface area contributed by atoms with E-state index in [9.17, 15) is 19.5 Å². The van der Waals surface area contributed by atoms with Crippen molar-refractivity contribution < 1.29 is 29.0 Å². The van der Waals surface area contributed by atoms with Crippen LogP contribution in [0.3, 0.4) is 0 Å². The molecule has 0 aliphatic heterocycles. The zero-order valence-electron chi connectivity index (χ0n) is 15.7. The molecular weight excluding hydrogens is 348 g/mol. The predicted molar refractivity (Wildman–Crippen MR) is 97.3 cm³/mol. The highest BCUT2D eigenvalue weighted by Crippen LogP contribution is 2.41. The van der Waals surface area contributed by atoms with Gasteiger partial charge in [-0.25, -0.2) is 0 Å². The van der Waals surface area contributed by atoms with Gasteiger partial charge in [-0.2, -0.15) is 0 Å². The van der Waals surface area contributed by atoms with Gasteiger partial charge in [-0.15, -0.1) is 0 Å². The Morgan fingerprint density at radius 1 is 1.15 bits per heavy atom. The summed E-state index contributed by atoms with van der Waals surface area (Å²) in [5.74, 6) is 0.434. The Hall–Kier alpha value is -2.65. The van der Waals surface area contributed by atoms with Crippen molar-refractivity contribution in [3.63, 3.8) is 0 Å². The molecule has 0 heterocycles. The molecule has 0 bridgehead atoms. The molecule has 144 valence electrons. The number of ketones is 1. The lowest BCUT2D eigenvalue weighted by molar-refractivity contribution is -0.174. The molecule has 1 N–H and O–H groups in total. The van der Waals surface area contributed by atoms with E-state index in [0.29, 0.717) is 5.56 Å². The first kappa shape index (κ1) is 20.7. The Kier molecular flexibility index (Phi) is 6.75. The van der Waals surface area contributed by atoms with Crippen LogP contribution in [0.2, 0.25) is 0 Å². The fourth-order valence-electron chi connectivity index (χ4n) is 3.35. The van der Waals surface area contributed by atoms with Gasteiger partial charge in [0.25, 0.3) is 0 Å². The van der Waals surface area contributed by atoms with E-state index in [4.69, 9.17) is 9.47 Å². The number of ether oxygens (including phenoxy) is 2. The van der Waals surface area contributed by atoms with E-state index in [2.05, 4.69) is 11.8 Å². The summed E-state index contributed by atoms with van der Waals surface area (Å²) in [5.41, 5.74) is -0.997. The Bertz CT molecular complexity index is 756. The van der Waals surface area contributed by atoms with Gasteiger partial charge in [-0.3, -0.25) is 14.4 Å². The van der Waals surface area contributed by atoms with Crippen molar-refractivity contribution in [2.24, 2.45) is 17.8 Å². The fourth-order valence-corrected chi connectivity index (χ4v) is 3.35. The molecule has 4 atom stereocenters. The minimum absolute atomic E-state index is 0.0991. The number of esters is 2. The van der Waals surface area contributed by atoms with Crippen molar-refractivity contribution in [3.05, 3.63) is 35.9 Å². The highest BCUT2D eigenvalue weighted by Gasteiger charge is 2.56. The minimum Gasteiger partial charge on any atom is -0.466 e. The Morgan fingerprint density at radius 2 is 1.74 bits per heavy atom. The first-order chi connectivity index (χ1) is 12.8. The average Bonchev–Trinajstić information content (AvgIpc) is 2.59. The van der Waals surface area contributed by atoms with Crippen LogP contribution >= 0.6 is 0 Å². The number of benzene rings is 1. The number of hydrogen-bond donors (Lipinski definition) is 1. The van der Waals surface area contributed by atoms with Crippen LogP contribution in [-0.2, 0) is 23.9 Å². The SMILES string of the molecule is CCOC(=O)[C@@H]1C(=O)C[C@](C)(O)[C@@H](C(=O)OCC)[C@H]1C#Cc1ccccc1. The summed E-state index contributed by atoms with van der Waals surface area (Å²) in [6, 6.07) is 8.99. The third-order valence-electron chi connectivity index (χ3n) is 4.51. The first-order valence-corrected chi connectivity index (χ1v) is 8.96. The van der Waals surface area contributed by atoms with Crippen LogP contribution in [0.25, 0.3) is 0 Å². The smallest absolute Gasteiger partial charge is 0.317 e. The highest BCUT2D eigenvalue weighted by molar-refractivity contribution is 6.02. The molecular formula is C21H24O6. The number of carbonyl (C=O) groups is 3. The Balaban J connectivity index is 2.52. The summed E-state index contributed by atoms with van der Waals surface area (Å²) in [5, 5.41) is 10.8. The van der Waals surface area contributed by atoms with Crippen LogP contribution in [0.5, 0.6) is 0 Å². The largest absolute Gasteiger partial charge is 0.466 e. The predicted octanol–water partition coefficient (Wildman–Crippen LogP) is 1.74. The lowest BCUT2D eigenvalue weighted by atomic mass is 9.64. The number of aliphatic hydroxyl groups is 1. The molecule has 0 spiro atoms. The lowest BCUT2D eigenvalue weighted by Crippen LogP contribution is -2.56. The molecule has 2 rings (SSSR count). The Morgan fingerprint density at radius 3 is 2.33 bits per heavy atom. The second-order valence-corrected chi connectivity index (χ2v) is 6.62. The molecule has 1 aromatic carbocycles. The molecule has 1 aromatic rings. The van der Waals surface area contributed by atoms with Gasteiger partial charge in [0.2, 0.25) is 0 Å². The molecule has 0 unspecified atom stereocenters. The fraction of sp³-hybridized carbons (Fsp3) is 0.476. The number of hydrogen-bond acceptors (Lipinski definition) is 6. The van der Waals surface area contributed by atoms with Crippen molar-refractivity contribution in [2.75, 3.05) is 13.2 Å². The molecule has 0 radical (unpaired) electrons. The van der Waals surface area contributed by atoms with E-state index in [1.165, 1.54) is 6.92 Å². The molecule has 0 saturated heterocycles. The quantitative estimate of drug-likeness (QED) is 0.492. The van der Waals surface area contributed by atoms with Gasteiger partial charge < -0.3 is 14.6 Å². The van der Waals surface area contributed by atoms with E-state index in [1.807, 2.05) is 6.07 Å². The Labute approximate surface area is 158 Å². The summed E-state index contributed by atoms with van der Waals surface area (Å²) >= 11 is 0. The van der Waals surface area contributed by atoms with Crippen LogP contribution in [0.1, 0.15) is 32.8 Å². The van der Waals surface area contributed by atoms with Crippen LogP contribution in [-0.4, -0.2) is 41.6 Å². The van der Waals surface area contributed by atoms with Crippen molar-refractivity contribution in [2.45, 2.75) is 32.8 Å². The van der Waals surface area contributed by atoms with Gasteiger partial charge in [0, 0.05) is 12.0 Å². The second kappa shape index (κ2) is 8.83. The van der Waals surface area contributed by atoms with Gasteiger partial charge in [-0.1, -0.05) is 30.0 Å². The zero-order chi connectivity index (χ0) is 20.0. The molecule has 0 aromatic heterocycles. The van der Waals surface area contributed by atoms with E-state index < -0.39 is 41.1 Å². The standard InChI is InChI=1S/C21H24O6/c1-4-26-19(23)17-15(12-11-14-9-7-6-8-10-14)18(20(24)27-5-2)21(3,25)13-16(17)22/h6-10,15,17-18,25H,4-5,13H2,1-3H3/t15-,17-,18+,21-/m0/s1. The summed E-state index contributed by atoms with van der Waals surface area (Å²) < 4.78 is 10.1. The summed E-state index contributed by atoms with van der Waals surface area (Å²) in [6.07, 6.45) is -0.344. The molecule has 6 nitrogen and oxygen atoms in total. The van der Waals surface area contributed by atoms with Crippen LogP contribution in [0.15, 0.2) is 30.3 Å². The highest BCUT2D eigenvalue weighted by atomic mass is 16.5. The second-order valence-electron chi connectivity index (χ2n) is 6.62. The molecule has 0 amide bonds. The lowest BCUT2D eigenvalue weighted by Gasteiger charge is -2.41. The maximum Gasteiger partial charge on any atom is 0.317 e. The molecule has 1 aliphatic rings. The van der Waals surface area contributed by atoms with Crippen LogP contribution < -0.4 is 0 Å². The van der Waals surface area contributed by atoms with E-state index in [0.717, 1.165) is 0 Å². The van der Waals surface area contributed by atoms with Crippen molar-refractivity contribution in [1.29, 1.82) is 0 Å². The van der Waals surface area contributed by atoms with Crippen LogP contribution in [0, 0.1) is 29.6 Å². The van der Waals surface area contributed by atoms with Gasteiger partial charge in [0.1, 0.15) is 11.8 Å².